The van der Waals surface area contributed by atoms with Crippen LogP contribution in [0.15, 0.2) is 30.3 Å². The van der Waals surface area contributed by atoms with Gasteiger partial charge >= 0.3 is 0 Å². The lowest BCUT2D eigenvalue weighted by molar-refractivity contribution is 0.0398. The van der Waals surface area contributed by atoms with Gasteiger partial charge in [0.1, 0.15) is 11.6 Å². The van der Waals surface area contributed by atoms with E-state index in [0.29, 0.717) is 17.6 Å². The van der Waals surface area contributed by atoms with Crippen molar-refractivity contribution in [2.24, 2.45) is 7.05 Å². The Bertz CT molecular complexity index is 919. The summed E-state index contributed by atoms with van der Waals surface area (Å²) in [5.41, 5.74) is 7.86. The highest BCUT2D eigenvalue weighted by atomic mass is 16.5. The van der Waals surface area contributed by atoms with Crippen molar-refractivity contribution in [3.05, 3.63) is 30.3 Å². The smallest absolute Gasteiger partial charge is 0.223 e. The number of fused-ring (bicyclic) bond motifs is 1. The van der Waals surface area contributed by atoms with Crippen LogP contribution in [-0.4, -0.2) is 63.8 Å². The van der Waals surface area contributed by atoms with Gasteiger partial charge in [-0.25, -0.2) is 4.98 Å². The van der Waals surface area contributed by atoms with Crippen LogP contribution in [0.3, 0.4) is 0 Å². The standard InChI is InChI=1S/C18H24N8O/c1-25-14-5-3-2-4-13(14)21-18(25)24-16-12-15(22-17(19)23-16)20-6-7-26-8-10-27-11-9-26/h2-5,12H,6-11H2,1H3,(H4,19,20,21,22,23,24). The Morgan fingerprint density at radius 3 is 2.70 bits per heavy atom. The first-order valence-electron chi connectivity index (χ1n) is 9.06. The number of nitrogen functional groups attached to an aromatic ring is 1. The third-order valence-electron chi connectivity index (χ3n) is 4.61. The average Bonchev–Trinajstić information content (AvgIpc) is 2.98. The van der Waals surface area contributed by atoms with E-state index in [1.54, 1.807) is 0 Å². The second-order valence-corrected chi connectivity index (χ2v) is 6.49. The summed E-state index contributed by atoms with van der Waals surface area (Å²) in [6.45, 7) is 5.24. The minimum atomic E-state index is 0.215. The quantitative estimate of drug-likeness (QED) is 0.600. The molecule has 4 rings (SSSR count). The van der Waals surface area contributed by atoms with Gasteiger partial charge in [0.05, 0.1) is 24.2 Å². The largest absolute Gasteiger partial charge is 0.379 e. The molecule has 1 aliphatic rings. The molecule has 0 radical (unpaired) electrons. The molecule has 1 aliphatic heterocycles. The number of aromatic nitrogens is 4. The summed E-state index contributed by atoms with van der Waals surface area (Å²) in [5.74, 6) is 2.22. The molecule has 142 valence electrons. The number of para-hydroxylation sites is 2. The van der Waals surface area contributed by atoms with Crippen molar-refractivity contribution < 1.29 is 4.74 Å². The first kappa shape index (κ1) is 17.5. The maximum atomic E-state index is 5.88. The van der Waals surface area contributed by atoms with E-state index in [1.807, 2.05) is 41.9 Å². The van der Waals surface area contributed by atoms with E-state index >= 15 is 0 Å². The SMILES string of the molecule is Cn1c(Nc2cc(NCCN3CCOCC3)nc(N)n2)nc2ccccc21. The summed E-state index contributed by atoms with van der Waals surface area (Å²) >= 11 is 0. The van der Waals surface area contributed by atoms with Gasteiger partial charge in [-0.2, -0.15) is 9.97 Å². The molecule has 0 aliphatic carbocycles. The lowest BCUT2D eigenvalue weighted by Crippen LogP contribution is -2.39. The summed E-state index contributed by atoms with van der Waals surface area (Å²) in [4.78, 5) is 15.5. The fourth-order valence-electron chi connectivity index (χ4n) is 3.16. The van der Waals surface area contributed by atoms with Crippen molar-refractivity contribution in [2.45, 2.75) is 0 Å². The number of ether oxygens (including phenoxy) is 1. The van der Waals surface area contributed by atoms with Crippen LogP contribution in [0.1, 0.15) is 0 Å². The number of rotatable bonds is 6. The lowest BCUT2D eigenvalue weighted by atomic mass is 10.3. The number of imidazole rings is 1. The van der Waals surface area contributed by atoms with Crippen molar-refractivity contribution in [3.8, 4) is 0 Å². The third kappa shape index (κ3) is 4.09. The summed E-state index contributed by atoms with van der Waals surface area (Å²) < 4.78 is 7.35. The number of benzene rings is 1. The monoisotopic (exact) mass is 368 g/mol. The van der Waals surface area contributed by atoms with E-state index in [4.69, 9.17) is 10.5 Å². The van der Waals surface area contributed by atoms with Gasteiger partial charge in [-0.15, -0.1) is 0 Å². The zero-order valence-corrected chi connectivity index (χ0v) is 15.4. The average molecular weight is 368 g/mol. The Balaban J connectivity index is 1.44. The van der Waals surface area contributed by atoms with Crippen molar-refractivity contribution in [3.63, 3.8) is 0 Å². The number of hydrogen-bond acceptors (Lipinski definition) is 8. The number of morpholine rings is 1. The second kappa shape index (κ2) is 7.77. The zero-order chi connectivity index (χ0) is 18.6. The number of aryl methyl sites for hydroxylation is 1. The molecule has 0 amide bonds. The maximum Gasteiger partial charge on any atom is 0.223 e. The molecule has 9 heteroatoms. The van der Waals surface area contributed by atoms with Gasteiger partial charge in [0.2, 0.25) is 11.9 Å². The molecule has 2 aromatic heterocycles. The van der Waals surface area contributed by atoms with Crippen LogP contribution < -0.4 is 16.4 Å². The molecule has 4 N–H and O–H groups in total. The zero-order valence-electron chi connectivity index (χ0n) is 15.4. The highest BCUT2D eigenvalue weighted by Crippen LogP contribution is 2.22. The van der Waals surface area contributed by atoms with Crippen LogP contribution >= 0.6 is 0 Å². The first-order valence-corrected chi connectivity index (χ1v) is 9.06. The summed E-state index contributed by atoms with van der Waals surface area (Å²) in [6.07, 6.45) is 0. The predicted octanol–water partition coefficient (Wildman–Crippen LogP) is 1.43. The molecule has 9 nitrogen and oxygen atoms in total. The number of hydrogen-bond donors (Lipinski definition) is 3. The molecular formula is C18H24N8O. The fourth-order valence-corrected chi connectivity index (χ4v) is 3.16. The highest BCUT2D eigenvalue weighted by Gasteiger charge is 2.11. The molecule has 3 heterocycles. The Hall–Kier alpha value is -2.91. The van der Waals surface area contributed by atoms with Crippen LogP contribution in [-0.2, 0) is 11.8 Å². The molecule has 1 aromatic carbocycles. The molecule has 1 saturated heterocycles. The van der Waals surface area contributed by atoms with E-state index < -0.39 is 0 Å². The van der Waals surface area contributed by atoms with E-state index in [9.17, 15) is 0 Å². The van der Waals surface area contributed by atoms with Gasteiger partial charge in [0.25, 0.3) is 0 Å². The molecule has 0 spiro atoms. The number of anilines is 4. The Morgan fingerprint density at radius 1 is 1.11 bits per heavy atom. The predicted molar refractivity (Wildman–Crippen MR) is 106 cm³/mol. The molecule has 3 aromatic rings. The van der Waals surface area contributed by atoms with E-state index in [-0.39, 0.29) is 5.95 Å². The van der Waals surface area contributed by atoms with Crippen LogP contribution in [0, 0.1) is 0 Å². The number of nitrogens with zero attached hydrogens (tertiary/aromatic N) is 5. The van der Waals surface area contributed by atoms with Crippen molar-refractivity contribution >= 4 is 34.6 Å². The van der Waals surface area contributed by atoms with Crippen molar-refractivity contribution in [1.29, 1.82) is 0 Å². The van der Waals surface area contributed by atoms with Crippen molar-refractivity contribution in [1.82, 2.24) is 24.4 Å². The van der Waals surface area contributed by atoms with Crippen molar-refractivity contribution in [2.75, 3.05) is 55.8 Å². The summed E-state index contributed by atoms with van der Waals surface area (Å²) in [7, 11) is 1.96. The van der Waals surface area contributed by atoms with Gasteiger partial charge in [-0.05, 0) is 12.1 Å². The van der Waals surface area contributed by atoms with Crippen LogP contribution in [0.4, 0.5) is 23.5 Å². The topological polar surface area (TPSA) is 106 Å². The number of nitrogens with one attached hydrogen (secondary N) is 2. The van der Waals surface area contributed by atoms with E-state index in [2.05, 4.69) is 30.5 Å². The third-order valence-corrected chi connectivity index (χ3v) is 4.61. The van der Waals surface area contributed by atoms with Crippen LogP contribution in [0.25, 0.3) is 11.0 Å². The van der Waals surface area contributed by atoms with Gasteiger partial charge < -0.3 is 25.7 Å². The summed E-state index contributed by atoms with van der Waals surface area (Å²) in [6, 6.07) is 9.81. The van der Waals surface area contributed by atoms with Gasteiger partial charge in [0, 0.05) is 39.3 Å². The maximum absolute atomic E-state index is 5.88. The molecule has 27 heavy (non-hydrogen) atoms. The Kier molecular flexibility index (Phi) is 5.03. The Morgan fingerprint density at radius 2 is 1.89 bits per heavy atom. The number of nitrogens with two attached hydrogens (primary N) is 1. The first-order chi connectivity index (χ1) is 13.2. The summed E-state index contributed by atoms with van der Waals surface area (Å²) in [5, 5.41) is 6.56. The fraction of sp³-hybridized carbons (Fsp3) is 0.389. The normalized spacial score (nSPS) is 15.1. The molecule has 0 atom stereocenters. The highest BCUT2D eigenvalue weighted by molar-refractivity contribution is 5.79. The second-order valence-electron chi connectivity index (χ2n) is 6.49. The minimum absolute atomic E-state index is 0.215. The molecule has 0 bridgehead atoms. The molecule has 1 fully saturated rings. The minimum Gasteiger partial charge on any atom is -0.379 e. The molecule has 0 saturated carbocycles. The van der Waals surface area contributed by atoms with Gasteiger partial charge in [0.15, 0.2) is 0 Å². The van der Waals surface area contributed by atoms with Crippen LogP contribution in [0.2, 0.25) is 0 Å². The Labute approximate surface area is 157 Å². The lowest BCUT2D eigenvalue weighted by Gasteiger charge is -2.26. The van der Waals surface area contributed by atoms with Gasteiger partial charge in [-0.3, -0.25) is 4.90 Å². The van der Waals surface area contributed by atoms with Crippen LogP contribution in [0.5, 0.6) is 0 Å². The molecule has 0 unspecified atom stereocenters. The van der Waals surface area contributed by atoms with E-state index in [0.717, 1.165) is 50.4 Å². The molecular weight excluding hydrogens is 344 g/mol. The van der Waals surface area contributed by atoms with E-state index in [1.165, 1.54) is 0 Å². The van der Waals surface area contributed by atoms with Gasteiger partial charge in [-0.1, -0.05) is 12.1 Å².